The third-order valence-electron chi connectivity index (χ3n) is 3.90. The molecule has 2 N–H and O–H groups in total. The Balaban J connectivity index is 1.44. The molecule has 2 heterocycles. The number of aromatic nitrogens is 1. The molecule has 0 fully saturated rings. The van der Waals surface area contributed by atoms with Gasteiger partial charge in [0, 0.05) is 23.9 Å². The molecular weight excluding hydrogens is 362 g/mol. The van der Waals surface area contributed by atoms with E-state index >= 15 is 0 Å². The fourth-order valence-electron chi connectivity index (χ4n) is 2.63. The predicted octanol–water partition coefficient (Wildman–Crippen LogP) is 4.70. The second-order valence-electron chi connectivity index (χ2n) is 5.88. The van der Waals surface area contributed by atoms with Crippen molar-refractivity contribution in [3.8, 4) is 0 Å². The first-order valence-corrected chi connectivity index (χ1v) is 9.10. The van der Waals surface area contributed by atoms with Gasteiger partial charge in [0.05, 0.1) is 4.88 Å². The molecule has 2 aromatic heterocycles. The largest absolute Gasteiger partial charge is 0.441 e. The van der Waals surface area contributed by atoms with E-state index in [1.165, 1.54) is 11.3 Å². The number of hydrogen-bond acceptors (Lipinski definition) is 5. The Labute approximate surface area is 158 Å². The Morgan fingerprint density at radius 2 is 1.70 bits per heavy atom. The summed E-state index contributed by atoms with van der Waals surface area (Å²) < 4.78 is 5.43. The van der Waals surface area contributed by atoms with E-state index in [1.54, 1.807) is 55.5 Å². The molecular formula is C20H15N3O3S. The minimum atomic E-state index is -0.245. The number of fused-ring (bicyclic) bond motifs is 1. The molecule has 2 aromatic carbocycles. The Morgan fingerprint density at radius 1 is 0.963 bits per heavy atom. The van der Waals surface area contributed by atoms with Crippen LogP contribution in [-0.4, -0.2) is 16.8 Å². The van der Waals surface area contributed by atoms with Gasteiger partial charge in [-0.15, -0.1) is 11.3 Å². The number of oxazole rings is 1. The molecule has 0 aliphatic rings. The van der Waals surface area contributed by atoms with Gasteiger partial charge in [0.2, 0.25) is 0 Å². The van der Waals surface area contributed by atoms with Gasteiger partial charge in [-0.1, -0.05) is 6.07 Å². The molecule has 7 heteroatoms. The first-order valence-electron chi connectivity index (χ1n) is 8.22. The highest BCUT2D eigenvalue weighted by atomic mass is 32.1. The second kappa shape index (κ2) is 7.05. The van der Waals surface area contributed by atoms with Crippen molar-refractivity contribution in [1.82, 2.24) is 4.98 Å². The summed E-state index contributed by atoms with van der Waals surface area (Å²) in [7, 11) is 0. The molecule has 0 unspecified atom stereocenters. The topological polar surface area (TPSA) is 84.2 Å². The van der Waals surface area contributed by atoms with Gasteiger partial charge in [0.25, 0.3) is 11.8 Å². The van der Waals surface area contributed by atoms with Gasteiger partial charge in [-0.05, 0) is 53.9 Å². The lowest BCUT2D eigenvalue weighted by molar-refractivity contribution is 0.102. The number of thiophene rings is 1. The van der Waals surface area contributed by atoms with E-state index < -0.39 is 0 Å². The maximum absolute atomic E-state index is 12.4. The van der Waals surface area contributed by atoms with E-state index in [4.69, 9.17) is 4.42 Å². The lowest BCUT2D eigenvalue weighted by atomic mass is 10.2. The first kappa shape index (κ1) is 17.0. The maximum atomic E-state index is 12.4. The van der Waals surface area contributed by atoms with Crippen molar-refractivity contribution in [3.63, 3.8) is 0 Å². The van der Waals surface area contributed by atoms with Gasteiger partial charge in [0.15, 0.2) is 11.5 Å². The number of nitrogens with one attached hydrogen (secondary N) is 2. The molecule has 0 bridgehead atoms. The number of rotatable bonds is 4. The molecule has 0 aliphatic carbocycles. The molecule has 27 heavy (non-hydrogen) atoms. The average molecular weight is 377 g/mol. The third kappa shape index (κ3) is 3.73. The summed E-state index contributed by atoms with van der Waals surface area (Å²) in [5.74, 6) is 0.165. The number of nitrogens with zero attached hydrogens (tertiary/aromatic N) is 1. The summed E-state index contributed by atoms with van der Waals surface area (Å²) in [6.07, 6.45) is 0. The number of aryl methyl sites for hydroxylation is 1. The summed E-state index contributed by atoms with van der Waals surface area (Å²) in [5, 5.41) is 7.49. The highest BCUT2D eigenvalue weighted by molar-refractivity contribution is 7.12. The van der Waals surface area contributed by atoms with Gasteiger partial charge in [-0.2, -0.15) is 0 Å². The van der Waals surface area contributed by atoms with Crippen LogP contribution in [0.4, 0.5) is 11.4 Å². The minimum Gasteiger partial charge on any atom is -0.441 e. The molecule has 0 radical (unpaired) electrons. The first-order chi connectivity index (χ1) is 13.1. The quantitative estimate of drug-likeness (QED) is 0.540. The van der Waals surface area contributed by atoms with Crippen molar-refractivity contribution in [2.24, 2.45) is 0 Å². The zero-order valence-corrected chi connectivity index (χ0v) is 15.2. The van der Waals surface area contributed by atoms with Gasteiger partial charge in [0.1, 0.15) is 5.52 Å². The van der Waals surface area contributed by atoms with Gasteiger partial charge < -0.3 is 15.1 Å². The van der Waals surface area contributed by atoms with Crippen molar-refractivity contribution in [2.75, 3.05) is 10.6 Å². The van der Waals surface area contributed by atoms with Crippen LogP contribution in [0.15, 0.2) is 64.4 Å². The number of carbonyl (C=O) groups excluding carboxylic acids is 2. The van der Waals surface area contributed by atoms with Crippen LogP contribution in [0.25, 0.3) is 11.1 Å². The molecule has 4 rings (SSSR count). The van der Waals surface area contributed by atoms with E-state index in [0.29, 0.717) is 38.8 Å². The van der Waals surface area contributed by atoms with Crippen molar-refractivity contribution >= 4 is 45.6 Å². The molecule has 0 saturated heterocycles. The standard InChI is InChI=1S/C20H15N3O3S/c1-12-21-16-11-15(8-9-17(16)26-12)23-19(24)13-4-6-14(7-5-13)22-20(25)18-3-2-10-27-18/h2-11H,1H3,(H,22,25)(H,23,24). The molecule has 0 aliphatic heterocycles. The summed E-state index contributed by atoms with van der Waals surface area (Å²) in [5.41, 5.74) is 3.12. The third-order valence-corrected chi connectivity index (χ3v) is 4.77. The molecule has 6 nitrogen and oxygen atoms in total. The lowest BCUT2D eigenvalue weighted by Gasteiger charge is -2.07. The van der Waals surface area contributed by atoms with Crippen LogP contribution in [-0.2, 0) is 0 Å². The molecule has 4 aromatic rings. The Bertz CT molecular complexity index is 1120. The monoisotopic (exact) mass is 377 g/mol. The molecule has 134 valence electrons. The van der Waals surface area contributed by atoms with Crippen LogP contribution in [0.5, 0.6) is 0 Å². The van der Waals surface area contributed by atoms with E-state index in [2.05, 4.69) is 15.6 Å². The van der Waals surface area contributed by atoms with E-state index in [1.807, 2.05) is 11.4 Å². The van der Waals surface area contributed by atoms with Crippen molar-refractivity contribution in [3.05, 3.63) is 76.3 Å². The van der Waals surface area contributed by atoms with Crippen molar-refractivity contribution in [2.45, 2.75) is 6.92 Å². The van der Waals surface area contributed by atoms with Crippen LogP contribution in [0.2, 0.25) is 0 Å². The smallest absolute Gasteiger partial charge is 0.265 e. The fraction of sp³-hybridized carbons (Fsp3) is 0.0500. The van der Waals surface area contributed by atoms with Crippen LogP contribution in [0, 0.1) is 6.92 Å². The van der Waals surface area contributed by atoms with Gasteiger partial charge in [-0.25, -0.2) is 4.98 Å². The highest BCUT2D eigenvalue weighted by Crippen LogP contribution is 2.21. The molecule has 2 amide bonds. The highest BCUT2D eigenvalue weighted by Gasteiger charge is 2.10. The minimum absolute atomic E-state index is 0.168. The zero-order valence-electron chi connectivity index (χ0n) is 14.4. The fourth-order valence-corrected chi connectivity index (χ4v) is 3.25. The Kier molecular flexibility index (Phi) is 4.43. The normalized spacial score (nSPS) is 10.7. The van der Waals surface area contributed by atoms with Crippen molar-refractivity contribution < 1.29 is 14.0 Å². The number of benzene rings is 2. The second-order valence-corrected chi connectivity index (χ2v) is 6.83. The number of amides is 2. The van der Waals surface area contributed by atoms with Crippen LogP contribution < -0.4 is 10.6 Å². The summed E-state index contributed by atoms with van der Waals surface area (Å²) in [6.45, 7) is 1.77. The predicted molar refractivity (Wildman–Crippen MR) is 105 cm³/mol. The van der Waals surface area contributed by atoms with E-state index in [9.17, 15) is 9.59 Å². The van der Waals surface area contributed by atoms with Crippen molar-refractivity contribution in [1.29, 1.82) is 0 Å². The maximum Gasteiger partial charge on any atom is 0.265 e. The van der Waals surface area contributed by atoms with Crippen LogP contribution in [0.1, 0.15) is 25.9 Å². The van der Waals surface area contributed by atoms with Crippen LogP contribution >= 0.6 is 11.3 Å². The SMILES string of the molecule is Cc1nc2cc(NC(=O)c3ccc(NC(=O)c4cccs4)cc3)ccc2o1. The molecule has 0 spiro atoms. The Hall–Kier alpha value is -3.45. The lowest BCUT2D eigenvalue weighted by Crippen LogP contribution is -2.13. The molecule has 0 atom stereocenters. The number of carbonyl (C=O) groups is 2. The van der Waals surface area contributed by atoms with E-state index in [-0.39, 0.29) is 11.8 Å². The van der Waals surface area contributed by atoms with Crippen LogP contribution in [0.3, 0.4) is 0 Å². The summed E-state index contributed by atoms with van der Waals surface area (Å²) >= 11 is 1.37. The zero-order chi connectivity index (χ0) is 18.8. The summed E-state index contributed by atoms with van der Waals surface area (Å²) in [6, 6.07) is 15.6. The molecule has 0 saturated carbocycles. The van der Waals surface area contributed by atoms with Gasteiger partial charge in [-0.3, -0.25) is 9.59 Å². The van der Waals surface area contributed by atoms with E-state index in [0.717, 1.165) is 0 Å². The Morgan fingerprint density at radius 3 is 2.44 bits per heavy atom. The average Bonchev–Trinajstić information content (AvgIpc) is 3.30. The van der Waals surface area contributed by atoms with Gasteiger partial charge >= 0.3 is 0 Å². The number of anilines is 2. The number of hydrogen-bond donors (Lipinski definition) is 2. The summed E-state index contributed by atoms with van der Waals surface area (Å²) in [4.78, 5) is 29.4.